The zero-order valence-corrected chi connectivity index (χ0v) is 14.6. The van der Waals surface area contributed by atoms with Crippen molar-refractivity contribution < 1.29 is 0 Å². The molecule has 2 aromatic carbocycles. The van der Waals surface area contributed by atoms with Gasteiger partial charge in [-0.2, -0.15) is 0 Å². The minimum Gasteiger partial charge on any atom is -0.361 e. The summed E-state index contributed by atoms with van der Waals surface area (Å²) < 4.78 is 0. The highest BCUT2D eigenvalue weighted by Crippen LogP contribution is 2.42. The third kappa shape index (κ3) is 2.88. The number of benzene rings is 2. The quantitative estimate of drug-likeness (QED) is 0.504. The summed E-state index contributed by atoms with van der Waals surface area (Å²) in [6, 6.07) is 28.5. The molecule has 0 unspecified atom stereocenters. The van der Waals surface area contributed by atoms with Gasteiger partial charge in [0, 0.05) is 23.6 Å². The van der Waals surface area contributed by atoms with Gasteiger partial charge in [0.15, 0.2) is 0 Å². The molecule has 2 aromatic rings. The van der Waals surface area contributed by atoms with Crippen molar-refractivity contribution in [3.8, 4) is 11.3 Å². The molecule has 1 aliphatic heterocycles. The lowest BCUT2D eigenvalue weighted by Gasteiger charge is -2.19. The predicted octanol–water partition coefficient (Wildman–Crippen LogP) is 5.06. The Morgan fingerprint density at radius 2 is 1.42 bits per heavy atom. The normalized spacial score (nSPS) is 11.2. The van der Waals surface area contributed by atoms with Gasteiger partial charge in [-0.15, -0.1) is 0 Å². The van der Waals surface area contributed by atoms with E-state index in [9.17, 15) is 0 Å². The summed E-state index contributed by atoms with van der Waals surface area (Å²) in [5.74, 6) is 0. The monoisotopic (exact) mass is 329 g/mol. The minimum atomic E-state index is -0.401. The summed E-state index contributed by atoms with van der Waals surface area (Å²) in [5, 5.41) is 2.87. The first kappa shape index (κ1) is 15.2. The van der Waals surface area contributed by atoms with Crippen LogP contribution in [0.15, 0.2) is 85.1 Å². The Morgan fingerprint density at radius 1 is 0.792 bits per heavy atom. The molecule has 0 atom stereocenters. The minimum absolute atomic E-state index is 0.401. The van der Waals surface area contributed by atoms with Gasteiger partial charge in [-0.25, -0.2) is 0 Å². The Bertz CT molecular complexity index is 856. The number of hydrogen-bond donors (Lipinski definition) is 1. The van der Waals surface area contributed by atoms with E-state index in [-0.39, 0.29) is 0 Å². The molecule has 0 bridgehead atoms. The average Bonchev–Trinajstić information content (AvgIpc) is 2.97. The number of H-pyrrole nitrogens is 1. The summed E-state index contributed by atoms with van der Waals surface area (Å²) >= 11 is 0. The maximum atomic E-state index is 3.40. The smallest absolute Gasteiger partial charge is 0.0486 e. The van der Waals surface area contributed by atoms with E-state index in [1.807, 2.05) is 6.20 Å². The number of aromatic nitrogens is 1. The molecule has 0 saturated carbocycles. The molecule has 1 nitrogen and oxygen atoms in total. The van der Waals surface area contributed by atoms with Crippen molar-refractivity contribution in [1.29, 1.82) is 0 Å². The molecule has 1 heterocycles. The summed E-state index contributed by atoms with van der Waals surface area (Å²) in [7, 11) is -0.401. The number of aryl methyl sites for hydroxylation is 1. The third-order valence-electron chi connectivity index (χ3n) is 4.45. The Labute approximate surface area is 144 Å². The van der Waals surface area contributed by atoms with E-state index in [1.165, 1.54) is 33.0 Å². The van der Waals surface area contributed by atoms with Gasteiger partial charge in [-0.3, -0.25) is 0 Å². The third-order valence-corrected chi connectivity index (χ3v) is 6.95. The van der Waals surface area contributed by atoms with Gasteiger partial charge in [0.1, 0.15) is 0 Å². The first-order chi connectivity index (χ1) is 11.8. The van der Waals surface area contributed by atoms with Crippen molar-refractivity contribution in [2.75, 3.05) is 0 Å². The van der Waals surface area contributed by atoms with Gasteiger partial charge in [0.25, 0.3) is 0 Å². The maximum absolute atomic E-state index is 3.40. The SMILES string of the molecule is Cc1cc(CP(c2ccccc2)c2ccccc2)c2ccc[nH]c1-2. The van der Waals surface area contributed by atoms with Crippen LogP contribution in [0, 0.1) is 6.92 Å². The Balaban J connectivity index is 1.77. The van der Waals surface area contributed by atoms with Gasteiger partial charge in [-0.1, -0.05) is 72.8 Å². The van der Waals surface area contributed by atoms with E-state index in [1.54, 1.807) is 0 Å². The second-order valence-electron chi connectivity index (χ2n) is 6.07. The highest BCUT2D eigenvalue weighted by atomic mass is 31.1. The lowest BCUT2D eigenvalue weighted by Crippen LogP contribution is -2.12. The van der Waals surface area contributed by atoms with Crippen LogP contribution in [-0.2, 0) is 6.16 Å². The van der Waals surface area contributed by atoms with E-state index in [2.05, 4.69) is 90.8 Å². The van der Waals surface area contributed by atoms with Crippen LogP contribution in [0.25, 0.3) is 11.3 Å². The molecule has 0 saturated heterocycles. The topological polar surface area (TPSA) is 15.8 Å². The zero-order valence-electron chi connectivity index (χ0n) is 13.7. The number of hydrogen-bond acceptors (Lipinski definition) is 0. The van der Waals surface area contributed by atoms with Crippen LogP contribution in [0.3, 0.4) is 0 Å². The van der Waals surface area contributed by atoms with Crippen molar-refractivity contribution in [3.05, 3.63) is 96.2 Å². The highest BCUT2D eigenvalue weighted by Gasteiger charge is 2.19. The van der Waals surface area contributed by atoms with Crippen LogP contribution >= 0.6 is 7.92 Å². The molecule has 0 fully saturated rings. The first-order valence-electron chi connectivity index (χ1n) is 8.26. The van der Waals surface area contributed by atoms with Crippen LogP contribution in [-0.4, -0.2) is 4.98 Å². The summed E-state index contributed by atoms with van der Waals surface area (Å²) in [6.45, 7) is 2.19. The standard InChI is InChI=1S/C22H20NP/c1-17-15-18(21-13-8-14-23-22(17)21)16-24(19-9-4-2-5-10-19)20-11-6-3-7-12-20/h2-15,23H,16H2,1H3. The predicted molar refractivity (Wildman–Crippen MR) is 105 cm³/mol. The van der Waals surface area contributed by atoms with E-state index < -0.39 is 7.92 Å². The molecule has 1 aliphatic carbocycles. The first-order valence-corrected chi connectivity index (χ1v) is 9.79. The lowest BCUT2D eigenvalue weighted by atomic mass is 10.1. The molecular formula is C22H20NP. The number of rotatable bonds is 4. The molecule has 4 rings (SSSR count). The Morgan fingerprint density at radius 3 is 2.04 bits per heavy atom. The number of fused-ring (bicyclic) bond motifs is 1. The van der Waals surface area contributed by atoms with Gasteiger partial charge in [-0.05, 0) is 42.6 Å². The van der Waals surface area contributed by atoms with Crippen LogP contribution < -0.4 is 10.6 Å². The highest BCUT2D eigenvalue weighted by molar-refractivity contribution is 7.72. The molecule has 118 valence electrons. The zero-order chi connectivity index (χ0) is 16.4. The molecule has 0 amide bonds. The van der Waals surface area contributed by atoms with Crippen LogP contribution in [0.2, 0.25) is 0 Å². The molecule has 0 spiro atoms. The second-order valence-corrected chi connectivity index (χ2v) is 8.27. The van der Waals surface area contributed by atoms with Crippen LogP contribution in [0.4, 0.5) is 0 Å². The molecule has 2 aliphatic rings. The van der Waals surface area contributed by atoms with Crippen molar-refractivity contribution >= 4 is 18.5 Å². The van der Waals surface area contributed by atoms with Crippen LogP contribution in [0.1, 0.15) is 11.1 Å². The molecule has 0 aromatic heterocycles. The van der Waals surface area contributed by atoms with Crippen molar-refractivity contribution in [2.45, 2.75) is 13.1 Å². The van der Waals surface area contributed by atoms with E-state index in [0.717, 1.165) is 6.16 Å². The maximum Gasteiger partial charge on any atom is 0.0486 e. The molecule has 2 heteroatoms. The molecule has 1 N–H and O–H groups in total. The van der Waals surface area contributed by atoms with Gasteiger partial charge in [0.2, 0.25) is 0 Å². The fraction of sp³-hybridized carbons (Fsp3) is 0.0909. The number of pyridine rings is 1. The second kappa shape index (κ2) is 6.63. The Hall–Kier alpha value is -2.37. The molecular weight excluding hydrogens is 309 g/mol. The van der Waals surface area contributed by atoms with Crippen molar-refractivity contribution in [3.63, 3.8) is 0 Å². The van der Waals surface area contributed by atoms with E-state index >= 15 is 0 Å². The van der Waals surface area contributed by atoms with Gasteiger partial charge < -0.3 is 4.98 Å². The molecule has 0 radical (unpaired) electrons. The number of aromatic amines is 1. The fourth-order valence-electron chi connectivity index (χ4n) is 3.29. The average molecular weight is 329 g/mol. The van der Waals surface area contributed by atoms with E-state index in [4.69, 9.17) is 0 Å². The summed E-state index contributed by atoms with van der Waals surface area (Å²) in [4.78, 5) is 3.40. The van der Waals surface area contributed by atoms with Crippen molar-refractivity contribution in [1.82, 2.24) is 4.98 Å². The molecule has 24 heavy (non-hydrogen) atoms. The fourth-order valence-corrected chi connectivity index (χ4v) is 5.62. The van der Waals surface area contributed by atoms with E-state index in [0.29, 0.717) is 0 Å². The largest absolute Gasteiger partial charge is 0.361 e. The Kier molecular flexibility index (Phi) is 4.19. The summed E-state index contributed by atoms with van der Waals surface area (Å²) in [6.07, 6.45) is 3.09. The van der Waals surface area contributed by atoms with Crippen LogP contribution in [0.5, 0.6) is 0 Å². The van der Waals surface area contributed by atoms with Gasteiger partial charge in [0.05, 0.1) is 0 Å². The number of nitrogens with one attached hydrogen (secondary N) is 1. The van der Waals surface area contributed by atoms with Crippen molar-refractivity contribution in [2.24, 2.45) is 0 Å². The lowest BCUT2D eigenvalue weighted by molar-refractivity contribution is 1.30. The summed E-state index contributed by atoms with van der Waals surface area (Å²) in [5.41, 5.74) is 5.40. The van der Waals surface area contributed by atoms with Gasteiger partial charge >= 0.3 is 0 Å².